The standard InChI is InChI=1S/C14H20N2OS/c1-15-6-5-13(9-15)16(2)10-14-8-12(11-18-14)4-3-7-17/h8,11,13,17H,5-7,9-10H2,1-2H3. The molecule has 1 aliphatic rings. The lowest BCUT2D eigenvalue weighted by Gasteiger charge is -2.23. The second kappa shape index (κ2) is 6.35. The second-order valence-electron chi connectivity index (χ2n) is 4.88. The van der Waals surface area contributed by atoms with Crippen molar-refractivity contribution in [2.45, 2.75) is 19.0 Å². The molecule has 0 radical (unpaired) electrons. The van der Waals surface area contributed by atoms with Gasteiger partial charge in [0, 0.05) is 35.0 Å². The molecule has 1 aromatic rings. The number of thiophene rings is 1. The summed E-state index contributed by atoms with van der Waals surface area (Å²) in [6.07, 6.45) is 1.26. The molecule has 0 bridgehead atoms. The Hall–Kier alpha value is -0.860. The fourth-order valence-electron chi connectivity index (χ4n) is 2.32. The molecule has 0 saturated carbocycles. The van der Waals surface area contributed by atoms with Crippen LogP contribution in [0.15, 0.2) is 11.4 Å². The van der Waals surface area contributed by atoms with E-state index in [0.717, 1.165) is 12.1 Å². The molecule has 1 aliphatic heterocycles. The van der Waals surface area contributed by atoms with E-state index in [1.165, 1.54) is 24.4 Å². The Balaban J connectivity index is 1.90. The number of nitrogens with zero attached hydrogens (tertiary/aromatic N) is 2. The van der Waals surface area contributed by atoms with Crippen molar-refractivity contribution in [1.82, 2.24) is 9.80 Å². The van der Waals surface area contributed by atoms with Crippen molar-refractivity contribution >= 4 is 11.3 Å². The number of aliphatic hydroxyl groups is 1. The van der Waals surface area contributed by atoms with Gasteiger partial charge < -0.3 is 10.0 Å². The van der Waals surface area contributed by atoms with Gasteiger partial charge >= 0.3 is 0 Å². The van der Waals surface area contributed by atoms with Crippen molar-refractivity contribution in [3.05, 3.63) is 21.9 Å². The van der Waals surface area contributed by atoms with Crippen LogP contribution in [0.5, 0.6) is 0 Å². The van der Waals surface area contributed by atoms with Crippen LogP contribution in [0.3, 0.4) is 0 Å². The monoisotopic (exact) mass is 264 g/mol. The maximum atomic E-state index is 8.67. The number of hydrogen-bond donors (Lipinski definition) is 1. The van der Waals surface area contributed by atoms with Crippen molar-refractivity contribution < 1.29 is 5.11 Å². The molecule has 18 heavy (non-hydrogen) atoms. The molecule has 98 valence electrons. The predicted molar refractivity (Wildman–Crippen MR) is 75.7 cm³/mol. The molecule has 0 aromatic carbocycles. The third kappa shape index (κ3) is 3.56. The first-order valence-corrected chi connectivity index (χ1v) is 7.13. The van der Waals surface area contributed by atoms with Crippen molar-refractivity contribution in [2.75, 3.05) is 33.8 Å². The second-order valence-corrected chi connectivity index (χ2v) is 5.88. The molecule has 0 spiro atoms. The first-order valence-electron chi connectivity index (χ1n) is 6.25. The summed E-state index contributed by atoms with van der Waals surface area (Å²) in [5.74, 6) is 5.63. The normalized spacial score (nSPS) is 20.1. The van der Waals surface area contributed by atoms with Crippen LogP contribution < -0.4 is 0 Å². The minimum atomic E-state index is -0.0699. The molecule has 1 fully saturated rings. The smallest absolute Gasteiger partial charge is 0.104 e. The summed E-state index contributed by atoms with van der Waals surface area (Å²) in [4.78, 5) is 6.15. The average Bonchev–Trinajstić information content (AvgIpc) is 2.96. The molecule has 2 rings (SSSR count). The van der Waals surface area contributed by atoms with Gasteiger partial charge in [-0.1, -0.05) is 11.8 Å². The topological polar surface area (TPSA) is 26.7 Å². The molecular weight excluding hydrogens is 244 g/mol. The third-order valence-electron chi connectivity index (χ3n) is 3.36. The summed E-state index contributed by atoms with van der Waals surface area (Å²) in [5.41, 5.74) is 1.01. The van der Waals surface area contributed by atoms with E-state index in [2.05, 4.69) is 47.2 Å². The number of hydrogen-bond acceptors (Lipinski definition) is 4. The molecule has 1 atom stereocenters. The van der Waals surface area contributed by atoms with Gasteiger partial charge in [-0.15, -0.1) is 11.3 Å². The molecule has 0 aliphatic carbocycles. The SMILES string of the molecule is CN1CCC(N(C)Cc2cc(C#CCO)cs2)C1. The molecular formula is C14H20N2OS. The summed E-state index contributed by atoms with van der Waals surface area (Å²) in [7, 11) is 4.38. The summed E-state index contributed by atoms with van der Waals surface area (Å²) < 4.78 is 0. The van der Waals surface area contributed by atoms with Gasteiger partial charge in [0.05, 0.1) is 0 Å². The van der Waals surface area contributed by atoms with Gasteiger partial charge in [0.2, 0.25) is 0 Å². The van der Waals surface area contributed by atoms with Crippen molar-refractivity contribution in [1.29, 1.82) is 0 Å². The van der Waals surface area contributed by atoms with Crippen LogP contribution in [-0.4, -0.2) is 54.7 Å². The van der Waals surface area contributed by atoms with E-state index in [1.807, 2.05) is 0 Å². The highest BCUT2D eigenvalue weighted by Gasteiger charge is 2.23. The molecule has 1 unspecified atom stereocenters. The third-order valence-corrected chi connectivity index (χ3v) is 4.28. The predicted octanol–water partition coefficient (Wildman–Crippen LogP) is 1.23. The lowest BCUT2D eigenvalue weighted by molar-refractivity contribution is 0.236. The van der Waals surface area contributed by atoms with E-state index in [9.17, 15) is 0 Å². The highest BCUT2D eigenvalue weighted by Crippen LogP contribution is 2.19. The van der Waals surface area contributed by atoms with Crippen LogP contribution in [0.4, 0.5) is 0 Å². The van der Waals surface area contributed by atoms with Crippen molar-refractivity contribution in [3.8, 4) is 11.8 Å². The van der Waals surface area contributed by atoms with Gasteiger partial charge in [-0.2, -0.15) is 0 Å². The van der Waals surface area contributed by atoms with Crippen LogP contribution in [0, 0.1) is 11.8 Å². The molecule has 3 nitrogen and oxygen atoms in total. The van der Waals surface area contributed by atoms with E-state index in [1.54, 1.807) is 11.3 Å². The van der Waals surface area contributed by atoms with Crippen molar-refractivity contribution in [3.63, 3.8) is 0 Å². The fourth-order valence-corrected chi connectivity index (χ4v) is 3.20. The summed E-state index contributed by atoms with van der Waals surface area (Å²) in [6.45, 7) is 3.29. The van der Waals surface area contributed by atoms with Gasteiger partial charge in [0.25, 0.3) is 0 Å². The Morgan fingerprint density at radius 2 is 2.44 bits per heavy atom. The van der Waals surface area contributed by atoms with Crippen molar-refractivity contribution in [2.24, 2.45) is 0 Å². The van der Waals surface area contributed by atoms with Crippen LogP contribution in [-0.2, 0) is 6.54 Å². The van der Waals surface area contributed by atoms with Gasteiger partial charge in [-0.25, -0.2) is 0 Å². The van der Waals surface area contributed by atoms with Crippen LogP contribution in [0.25, 0.3) is 0 Å². The molecule has 2 heterocycles. The molecule has 1 aromatic heterocycles. The van der Waals surface area contributed by atoms with E-state index >= 15 is 0 Å². The van der Waals surface area contributed by atoms with E-state index in [-0.39, 0.29) is 6.61 Å². The zero-order valence-electron chi connectivity index (χ0n) is 11.0. The Bertz CT molecular complexity index is 446. The van der Waals surface area contributed by atoms with Crippen LogP contribution in [0.2, 0.25) is 0 Å². The maximum Gasteiger partial charge on any atom is 0.104 e. The summed E-state index contributed by atoms with van der Waals surface area (Å²) in [6, 6.07) is 2.80. The van der Waals surface area contributed by atoms with Gasteiger partial charge in [0.1, 0.15) is 6.61 Å². The largest absolute Gasteiger partial charge is 0.384 e. The van der Waals surface area contributed by atoms with Gasteiger partial charge in [0.15, 0.2) is 0 Å². The molecule has 1 saturated heterocycles. The summed E-state index contributed by atoms with van der Waals surface area (Å²) >= 11 is 1.75. The lowest BCUT2D eigenvalue weighted by Crippen LogP contribution is -2.33. The molecule has 1 N–H and O–H groups in total. The molecule has 0 amide bonds. The first kappa shape index (κ1) is 13.6. The van der Waals surface area contributed by atoms with E-state index in [4.69, 9.17) is 5.11 Å². The van der Waals surface area contributed by atoms with Crippen LogP contribution >= 0.6 is 11.3 Å². The Kier molecular flexibility index (Phi) is 4.79. The maximum absolute atomic E-state index is 8.67. The zero-order valence-corrected chi connectivity index (χ0v) is 11.8. The number of rotatable bonds is 3. The first-order chi connectivity index (χ1) is 8.69. The highest BCUT2D eigenvalue weighted by molar-refractivity contribution is 7.10. The Labute approximate surface area is 113 Å². The fraction of sp³-hybridized carbons (Fsp3) is 0.571. The van der Waals surface area contributed by atoms with E-state index in [0.29, 0.717) is 6.04 Å². The Morgan fingerprint density at radius 3 is 3.11 bits per heavy atom. The minimum absolute atomic E-state index is 0.0699. The quantitative estimate of drug-likeness (QED) is 0.832. The summed E-state index contributed by atoms with van der Waals surface area (Å²) in [5, 5.41) is 10.7. The van der Waals surface area contributed by atoms with Crippen LogP contribution in [0.1, 0.15) is 16.9 Å². The highest BCUT2D eigenvalue weighted by atomic mass is 32.1. The van der Waals surface area contributed by atoms with Gasteiger partial charge in [-0.3, -0.25) is 4.90 Å². The number of likely N-dealkylation sites (tertiary alicyclic amines) is 1. The molecule has 4 heteroatoms. The Morgan fingerprint density at radius 1 is 1.61 bits per heavy atom. The lowest BCUT2D eigenvalue weighted by atomic mass is 10.2. The zero-order chi connectivity index (χ0) is 13.0. The van der Waals surface area contributed by atoms with E-state index < -0.39 is 0 Å². The van der Waals surface area contributed by atoms with Gasteiger partial charge in [-0.05, 0) is 33.1 Å². The number of aliphatic hydroxyl groups excluding tert-OH is 1. The number of likely N-dealkylation sites (N-methyl/N-ethyl adjacent to an activating group) is 2. The minimum Gasteiger partial charge on any atom is -0.384 e. The average molecular weight is 264 g/mol.